The first kappa shape index (κ1) is 25.2. The van der Waals surface area contributed by atoms with Gasteiger partial charge in [-0.3, -0.25) is 4.79 Å². The Morgan fingerprint density at radius 3 is 1.73 bits per heavy atom. The molecule has 3 heteroatoms. The summed E-state index contributed by atoms with van der Waals surface area (Å²) in [5.41, 5.74) is 0. The molecule has 0 radical (unpaired) electrons. The van der Waals surface area contributed by atoms with Gasteiger partial charge in [0.2, 0.25) is 5.91 Å². The minimum Gasteiger partial charge on any atom is -0.376 e. The zero-order valence-corrected chi connectivity index (χ0v) is 17.5. The van der Waals surface area contributed by atoms with Crippen LogP contribution < -0.4 is 5.32 Å². The van der Waals surface area contributed by atoms with Gasteiger partial charge < -0.3 is 10.1 Å². The monoisotopic (exact) mass is 367 g/mol. The van der Waals surface area contributed by atoms with Gasteiger partial charge in [0.1, 0.15) is 0 Å². The van der Waals surface area contributed by atoms with Gasteiger partial charge in [-0.15, -0.1) is 6.58 Å². The standard InChI is InChI=1S/C23H45NO2/c1-3-5-6-7-8-9-10-11-12-13-14-15-16-17-18-19-23(25)24-20-22-26-21-4-2/h4H,2-3,5-22H2,1H3,(H,24,25). The largest absolute Gasteiger partial charge is 0.376 e. The lowest BCUT2D eigenvalue weighted by molar-refractivity contribution is -0.121. The van der Waals surface area contributed by atoms with Gasteiger partial charge in [-0.05, 0) is 6.42 Å². The third-order valence-corrected chi connectivity index (χ3v) is 4.81. The summed E-state index contributed by atoms with van der Waals surface area (Å²) in [5.74, 6) is 0.155. The van der Waals surface area contributed by atoms with E-state index in [-0.39, 0.29) is 5.91 Å². The van der Waals surface area contributed by atoms with Crippen LogP contribution in [0.4, 0.5) is 0 Å². The number of hydrogen-bond donors (Lipinski definition) is 1. The van der Waals surface area contributed by atoms with Crippen molar-refractivity contribution in [1.82, 2.24) is 5.32 Å². The van der Waals surface area contributed by atoms with Crippen LogP contribution in [0.3, 0.4) is 0 Å². The molecule has 0 aromatic carbocycles. The van der Waals surface area contributed by atoms with Crippen LogP contribution in [0.5, 0.6) is 0 Å². The zero-order chi connectivity index (χ0) is 19.1. The number of carbonyl (C=O) groups is 1. The number of ether oxygens (including phenoxy) is 1. The van der Waals surface area contributed by atoms with Crippen LogP contribution in [-0.4, -0.2) is 25.7 Å². The van der Waals surface area contributed by atoms with Gasteiger partial charge in [0, 0.05) is 13.0 Å². The second kappa shape index (κ2) is 22.2. The fourth-order valence-electron chi connectivity index (χ4n) is 3.17. The molecule has 0 aliphatic carbocycles. The second-order valence-electron chi connectivity index (χ2n) is 7.41. The van der Waals surface area contributed by atoms with Crippen LogP contribution in [0.1, 0.15) is 110 Å². The van der Waals surface area contributed by atoms with Crippen molar-refractivity contribution in [2.75, 3.05) is 19.8 Å². The summed E-state index contributed by atoms with van der Waals surface area (Å²) in [4.78, 5) is 11.6. The molecule has 154 valence electrons. The molecule has 0 heterocycles. The van der Waals surface area contributed by atoms with Crippen LogP contribution in [0.25, 0.3) is 0 Å². The van der Waals surface area contributed by atoms with E-state index in [4.69, 9.17) is 4.74 Å². The van der Waals surface area contributed by atoms with Gasteiger partial charge in [-0.2, -0.15) is 0 Å². The number of hydrogen-bond acceptors (Lipinski definition) is 2. The highest BCUT2D eigenvalue weighted by Crippen LogP contribution is 2.13. The Balaban J connectivity index is 3.10. The van der Waals surface area contributed by atoms with E-state index in [1.165, 1.54) is 89.9 Å². The predicted octanol–water partition coefficient (Wildman–Crippen LogP) is 6.57. The number of amides is 1. The van der Waals surface area contributed by atoms with Crippen molar-refractivity contribution in [3.63, 3.8) is 0 Å². The topological polar surface area (TPSA) is 38.3 Å². The molecule has 0 bridgehead atoms. The van der Waals surface area contributed by atoms with Gasteiger partial charge in [0.15, 0.2) is 0 Å². The Kier molecular flexibility index (Phi) is 21.5. The van der Waals surface area contributed by atoms with Crippen LogP contribution in [0.2, 0.25) is 0 Å². The number of nitrogens with one attached hydrogen (secondary N) is 1. The third kappa shape index (κ3) is 21.2. The van der Waals surface area contributed by atoms with Gasteiger partial charge in [-0.25, -0.2) is 0 Å². The molecule has 0 fully saturated rings. The molecule has 1 amide bonds. The Morgan fingerprint density at radius 2 is 1.27 bits per heavy atom. The highest BCUT2D eigenvalue weighted by Gasteiger charge is 2.00. The average Bonchev–Trinajstić information content (AvgIpc) is 2.64. The minimum atomic E-state index is 0.155. The molecule has 0 aliphatic heterocycles. The minimum absolute atomic E-state index is 0.155. The Hall–Kier alpha value is -0.830. The molecule has 0 unspecified atom stereocenters. The SMILES string of the molecule is C=CCOCCNC(=O)CCCCCCCCCCCCCCCCC. The fourth-order valence-corrected chi connectivity index (χ4v) is 3.17. The van der Waals surface area contributed by atoms with Crippen molar-refractivity contribution >= 4 is 5.91 Å². The van der Waals surface area contributed by atoms with E-state index in [0.717, 1.165) is 6.42 Å². The zero-order valence-electron chi connectivity index (χ0n) is 17.5. The van der Waals surface area contributed by atoms with Crippen molar-refractivity contribution in [3.8, 4) is 0 Å². The molecule has 0 atom stereocenters. The summed E-state index contributed by atoms with van der Waals surface area (Å²) in [6, 6.07) is 0. The van der Waals surface area contributed by atoms with Crippen molar-refractivity contribution in [2.24, 2.45) is 0 Å². The highest BCUT2D eigenvalue weighted by molar-refractivity contribution is 5.75. The van der Waals surface area contributed by atoms with E-state index < -0.39 is 0 Å². The smallest absolute Gasteiger partial charge is 0.220 e. The lowest BCUT2D eigenvalue weighted by Crippen LogP contribution is -2.26. The van der Waals surface area contributed by atoms with E-state index in [9.17, 15) is 4.79 Å². The van der Waals surface area contributed by atoms with E-state index in [1.807, 2.05) is 0 Å². The molecule has 0 saturated heterocycles. The van der Waals surface area contributed by atoms with Crippen LogP contribution in [-0.2, 0) is 9.53 Å². The first-order valence-corrected chi connectivity index (χ1v) is 11.3. The van der Waals surface area contributed by atoms with E-state index in [2.05, 4.69) is 18.8 Å². The lowest BCUT2D eigenvalue weighted by atomic mass is 10.0. The quantitative estimate of drug-likeness (QED) is 0.184. The number of unbranched alkanes of at least 4 members (excludes halogenated alkanes) is 14. The Bertz CT molecular complexity index is 305. The molecule has 3 nitrogen and oxygen atoms in total. The summed E-state index contributed by atoms with van der Waals surface area (Å²) in [6.45, 7) is 7.58. The molecule has 0 aromatic heterocycles. The van der Waals surface area contributed by atoms with Crippen molar-refractivity contribution in [1.29, 1.82) is 0 Å². The van der Waals surface area contributed by atoms with E-state index in [0.29, 0.717) is 26.2 Å². The molecular formula is C23H45NO2. The maximum atomic E-state index is 11.6. The first-order chi connectivity index (χ1) is 12.8. The molecule has 0 saturated carbocycles. The number of rotatable bonds is 21. The molecule has 1 N–H and O–H groups in total. The fraction of sp³-hybridized carbons (Fsp3) is 0.870. The first-order valence-electron chi connectivity index (χ1n) is 11.3. The van der Waals surface area contributed by atoms with E-state index in [1.54, 1.807) is 6.08 Å². The average molecular weight is 368 g/mol. The van der Waals surface area contributed by atoms with Gasteiger partial charge in [-0.1, -0.05) is 103 Å². The molecular weight excluding hydrogens is 322 g/mol. The summed E-state index contributed by atoms with van der Waals surface area (Å²) >= 11 is 0. The van der Waals surface area contributed by atoms with Crippen molar-refractivity contribution in [3.05, 3.63) is 12.7 Å². The van der Waals surface area contributed by atoms with Crippen molar-refractivity contribution in [2.45, 2.75) is 110 Å². The second-order valence-corrected chi connectivity index (χ2v) is 7.41. The molecule has 0 rings (SSSR count). The Morgan fingerprint density at radius 1 is 0.808 bits per heavy atom. The van der Waals surface area contributed by atoms with Gasteiger partial charge >= 0.3 is 0 Å². The third-order valence-electron chi connectivity index (χ3n) is 4.81. The number of carbonyl (C=O) groups excluding carboxylic acids is 1. The summed E-state index contributed by atoms with van der Waals surface area (Å²) in [7, 11) is 0. The molecule has 0 aliphatic rings. The maximum absolute atomic E-state index is 11.6. The summed E-state index contributed by atoms with van der Waals surface area (Å²) in [6.07, 6.45) is 22.7. The van der Waals surface area contributed by atoms with Gasteiger partial charge in [0.25, 0.3) is 0 Å². The van der Waals surface area contributed by atoms with Crippen LogP contribution in [0.15, 0.2) is 12.7 Å². The van der Waals surface area contributed by atoms with Crippen LogP contribution in [0, 0.1) is 0 Å². The van der Waals surface area contributed by atoms with Crippen LogP contribution >= 0.6 is 0 Å². The lowest BCUT2D eigenvalue weighted by Gasteiger charge is -2.05. The summed E-state index contributed by atoms with van der Waals surface area (Å²) < 4.78 is 5.23. The molecule has 0 spiro atoms. The molecule has 26 heavy (non-hydrogen) atoms. The van der Waals surface area contributed by atoms with Crippen molar-refractivity contribution < 1.29 is 9.53 Å². The normalized spacial score (nSPS) is 10.8. The maximum Gasteiger partial charge on any atom is 0.220 e. The summed E-state index contributed by atoms with van der Waals surface area (Å²) in [5, 5.41) is 2.89. The van der Waals surface area contributed by atoms with E-state index >= 15 is 0 Å². The highest BCUT2D eigenvalue weighted by atomic mass is 16.5. The molecule has 0 aromatic rings. The van der Waals surface area contributed by atoms with Gasteiger partial charge in [0.05, 0.1) is 13.2 Å². The Labute approximate surface area is 163 Å². The predicted molar refractivity (Wildman–Crippen MR) is 114 cm³/mol.